The number of phenols is 1. The summed E-state index contributed by atoms with van der Waals surface area (Å²) in [6.07, 6.45) is 0. The maximum Gasteiger partial charge on any atom is 0.234 e. The van der Waals surface area contributed by atoms with E-state index < -0.39 is 0 Å². The molecule has 3 rings (SSSR count). The van der Waals surface area contributed by atoms with E-state index >= 15 is 0 Å². The number of amides is 1. The van der Waals surface area contributed by atoms with Gasteiger partial charge in [-0.3, -0.25) is 4.79 Å². The second-order valence-corrected chi connectivity index (χ2v) is 5.38. The third kappa shape index (κ3) is 3.17. The zero-order valence-corrected chi connectivity index (χ0v) is 11.9. The third-order valence-electron chi connectivity index (χ3n) is 2.89. The Kier molecular flexibility index (Phi) is 3.79. The number of rotatable bonds is 4. The number of imidazole rings is 1. The lowest BCUT2D eigenvalue weighted by molar-refractivity contribution is -0.113. The Morgan fingerprint density at radius 2 is 1.95 bits per heavy atom. The Balaban J connectivity index is 1.62. The molecule has 0 aliphatic heterocycles. The average molecular weight is 299 g/mol. The first-order valence-electron chi connectivity index (χ1n) is 6.38. The minimum Gasteiger partial charge on any atom is -0.506 e. The molecule has 1 amide bonds. The Morgan fingerprint density at radius 1 is 1.19 bits per heavy atom. The van der Waals surface area contributed by atoms with Crippen molar-refractivity contribution in [2.24, 2.45) is 0 Å². The average Bonchev–Trinajstić information content (AvgIpc) is 2.90. The number of nitrogens with zero attached hydrogens (tertiary/aromatic N) is 1. The number of H-pyrrole nitrogens is 1. The molecule has 0 bridgehead atoms. The van der Waals surface area contributed by atoms with Crippen LogP contribution in [0.3, 0.4) is 0 Å². The Bertz CT molecular complexity index is 752. The number of carbonyl (C=O) groups is 1. The summed E-state index contributed by atoms with van der Waals surface area (Å²) in [5.41, 5.74) is 2.23. The summed E-state index contributed by atoms with van der Waals surface area (Å²) in [5.74, 6) is 0.0790. The maximum atomic E-state index is 11.9. The van der Waals surface area contributed by atoms with Crippen LogP contribution in [0.1, 0.15) is 0 Å². The first-order valence-corrected chi connectivity index (χ1v) is 7.36. The Labute approximate surface area is 125 Å². The van der Waals surface area contributed by atoms with Crippen molar-refractivity contribution < 1.29 is 9.90 Å². The van der Waals surface area contributed by atoms with Gasteiger partial charge in [0, 0.05) is 0 Å². The normalized spacial score (nSPS) is 10.7. The molecule has 5 nitrogen and oxygen atoms in total. The number of thioether (sulfide) groups is 1. The summed E-state index contributed by atoms with van der Waals surface area (Å²) < 4.78 is 0. The quantitative estimate of drug-likeness (QED) is 0.511. The number of aromatic nitrogens is 2. The number of carbonyl (C=O) groups excluding carboxylic acids is 1. The van der Waals surface area contributed by atoms with Crippen molar-refractivity contribution in [2.75, 3.05) is 11.1 Å². The predicted octanol–water partition coefficient (Wildman–Crippen LogP) is 3.00. The van der Waals surface area contributed by atoms with Gasteiger partial charge in [0.1, 0.15) is 5.75 Å². The summed E-state index contributed by atoms with van der Waals surface area (Å²) in [6, 6.07) is 14.3. The number of hydrogen-bond donors (Lipinski definition) is 3. The van der Waals surface area contributed by atoms with Crippen LogP contribution in [0, 0.1) is 0 Å². The van der Waals surface area contributed by atoms with Crippen molar-refractivity contribution in [1.82, 2.24) is 9.97 Å². The molecule has 0 saturated heterocycles. The number of aromatic hydroxyl groups is 1. The Hall–Kier alpha value is -2.47. The van der Waals surface area contributed by atoms with Crippen LogP contribution in [0.2, 0.25) is 0 Å². The summed E-state index contributed by atoms with van der Waals surface area (Å²) in [5, 5.41) is 13.0. The van der Waals surface area contributed by atoms with Gasteiger partial charge in [0.25, 0.3) is 0 Å². The predicted molar refractivity (Wildman–Crippen MR) is 83.6 cm³/mol. The van der Waals surface area contributed by atoms with Gasteiger partial charge in [-0.2, -0.15) is 0 Å². The number of aromatic amines is 1. The fourth-order valence-electron chi connectivity index (χ4n) is 1.90. The van der Waals surface area contributed by atoms with Crippen molar-refractivity contribution >= 4 is 34.4 Å². The van der Waals surface area contributed by atoms with Gasteiger partial charge < -0.3 is 15.4 Å². The standard InChI is InChI=1S/C15H13N3O2S/c19-13-8-4-3-7-12(13)16-14(20)9-21-15-17-10-5-1-2-6-11(10)18-15/h1-8,19H,9H2,(H,16,20)(H,17,18). The zero-order valence-electron chi connectivity index (χ0n) is 11.0. The van der Waals surface area contributed by atoms with Crippen molar-refractivity contribution in [1.29, 1.82) is 0 Å². The van der Waals surface area contributed by atoms with Crippen LogP contribution < -0.4 is 5.32 Å². The summed E-state index contributed by atoms with van der Waals surface area (Å²) in [4.78, 5) is 19.4. The highest BCUT2D eigenvalue weighted by Gasteiger charge is 2.08. The largest absolute Gasteiger partial charge is 0.506 e. The maximum absolute atomic E-state index is 11.9. The van der Waals surface area contributed by atoms with Crippen LogP contribution in [0.15, 0.2) is 53.7 Å². The van der Waals surface area contributed by atoms with Gasteiger partial charge in [-0.05, 0) is 24.3 Å². The molecule has 0 spiro atoms. The molecule has 21 heavy (non-hydrogen) atoms. The molecule has 6 heteroatoms. The molecular formula is C15H13N3O2S. The highest BCUT2D eigenvalue weighted by Crippen LogP contribution is 2.23. The molecule has 0 saturated carbocycles. The number of phenolic OH excluding ortho intramolecular Hbond substituents is 1. The summed E-state index contributed by atoms with van der Waals surface area (Å²) in [7, 11) is 0. The summed E-state index contributed by atoms with van der Waals surface area (Å²) in [6.45, 7) is 0. The van der Waals surface area contributed by atoms with Crippen LogP contribution in [-0.2, 0) is 4.79 Å². The van der Waals surface area contributed by atoms with Crippen LogP contribution >= 0.6 is 11.8 Å². The van der Waals surface area contributed by atoms with Crippen molar-refractivity contribution in [3.05, 3.63) is 48.5 Å². The lowest BCUT2D eigenvalue weighted by atomic mass is 10.3. The lowest BCUT2D eigenvalue weighted by Gasteiger charge is -2.05. The molecule has 2 aromatic carbocycles. The number of nitrogens with one attached hydrogen (secondary N) is 2. The van der Waals surface area contributed by atoms with Gasteiger partial charge in [0.2, 0.25) is 5.91 Å². The molecule has 0 radical (unpaired) electrons. The minimum absolute atomic E-state index is 0.0552. The van der Waals surface area contributed by atoms with E-state index in [9.17, 15) is 9.90 Å². The molecule has 0 fully saturated rings. The number of hydrogen-bond acceptors (Lipinski definition) is 4. The van der Waals surface area contributed by atoms with Crippen LogP contribution in [0.5, 0.6) is 5.75 Å². The summed E-state index contributed by atoms with van der Waals surface area (Å²) >= 11 is 1.32. The van der Waals surface area contributed by atoms with Crippen LogP contribution in [-0.4, -0.2) is 26.7 Å². The van der Waals surface area contributed by atoms with Gasteiger partial charge in [0.15, 0.2) is 5.16 Å². The third-order valence-corrected chi connectivity index (χ3v) is 3.76. The van der Waals surface area contributed by atoms with E-state index in [1.807, 2.05) is 24.3 Å². The van der Waals surface area contributed by atoms with E-state index in [0.717, 1.165) is 11.0 Å². The van der Waals surface area contributed by atoms with E-state index in [-0.39, 0.29) is 17.4 Å². The highest BCUT2D eigenvalue weighted by molar-refractivity contribution is 7.99. The van der Waals surface area contributed by atoms with Crippen LogP contribution in [0.4, 0.5) is 5.69 Å². The smallest absolute Gasteiger partial charge is 0.234 e. The molecule has 106 valence electrons. The van der Waals surface area contributed by atoms with E-state index in [4.69, 9.17) is 0 Å². The minimum atomic E-state index is -0.193. The van der Waals surface area contributed by atoms with Crippen LogP contribution in [0.25, 0.3) is 11.0 Å². The zero-order chi connectivity index (χ0) is 14.7. The molecule has 0 aliphatic rings. The molecule has 1 aromatic heterocycles. The molecule has 3 aromatic rings. The van der Waals surface area contributed by atoms with E-state index in [1.165, 1.54) is 17.8 Å². The van der Waals surface area contributed by atoms with Gasteiger partial charge in [-0.25, -0.2) is 4.98 Å². The number of anilines is 1. The van der Waals surface area contributed by atoms with Crippen molar-refractivity contribution in [2.45, 2.75) is 5.16 Å². The number of fused-ring (bicyclic) bond motifs is 1. The lowest BCUT2D eigenvalue weighted by Crippen LogP contribution is -2.14. The first-order chi connectivity index (χ1) is 10.2. The fourth-order valence-corrected chi connectivity index (χ4v) is 2.58. The second kappa shape index (κ2) is 5.88. The first kappa shape index (κ1) is 13.5. The van der Waals surface area contributed by atoms with E-state index in [1.54, 1.807) is 18.2 Å². The van der Waals surface area contributed by atoms with E-state index in [2.05, 4.69) is 15.3 Å². The monoisotopic (exact) mass is 299 g/mol. The Morgan fingerprint density at radius 3 is 2.76 bits per heavy atom. The SMILES string of the molecule is O=C(CSc1nc2ccccc2[nH]1)Nc1ccccc1O. The molecule has 0 aliphatic carbocycles. The highest BCUT2D eigenvalue weighted by atomic mass is 32.2. The van der Waals surface area contributed by atoms with E-state index in [0.29, 0.717) is 10.8 Å². The van der Waals surface area contributed by atoms with Gasteiger partial charge in [-0.1, -0.05) is 36.0 Å². The molecule has 0 unspecified atom stereocenters. The van der Waals surface area contributed by atoms with Crippen molar-refractivity contribution in [3.8, 4) is 5.75 Å². The fraction of sp³-hybridized carbons (Fsp3) is 0.0667. The number of para-hydroxylation sites is 4. The van der Waals surface area contributed by atoms with Crippen molar-refractivity contribution in [3.63, 3.8) is 0 Å². The topological polar surface area (TPSA) is 78.0 Å². The molecule has 0 atom stereocenters. The second-order valence-electron chi connectivity index (χ2n) is 4.41. The molecule has 3 N–H and O–H groups in total. The van der Waals surface area contributed by atoms with Gasteiger partial charge >= 0.3 is 0 Å². The van der Waals surface area contributed by atoms with Gasteiger partial charge in [0.05, 0.1) is 22.5 Å². The molecular weight excluding hydrogens is 286 g/mol. The molecule has 1 heterocycles. The van der Waals surface area contributed by atoms with Gasteiger partial charge in [-0.15, -0.1) is 0 Å². The number of benzene rings is 2.